The lowest BCUT2D eigenvalue weighted by molar-refractivity contribution is 0.154. The molecule has 1 aromatic heterocycles. The molecule has 20 heavy (non-hydrogen) atoms. The Labute approximate surface area is 122 Å². The quantitative estimate of drug-likeness (QED) is 0.912. The van der Waals surface area contributed by atoms with E-state index in [2.05, 4.69) is 40.0 Å². The molecule has 2 fully saturated rings. The lowest BCUT2D eigenvalue weighted by Crippen LogP contribution is -2.40. The van der Waals surface area contributed by atoms with Crippen molar-refractivity contribution in [2.45, 2.75) is 51.6 Å². The molecular formula is C16H28N4. The van der Waals surface area contributed by atoms with E-state index in [-0.39, 0.29) is 0 Å². The minimum absolute atomic E-state index is 0.806. The summed E-state index contributed by atoms with van der Waals surface area (Å²) < 4.78 is 2.06. The van der Waals surface area contributed by atoms with Gasteiger partial charge in [-0.15, -0.1) is 0 Å². The summed E-state index contributed by atoms with van der Waals surface area (Å²) in [5, 5.41) is 8.23. The third-order valence-electron chi connectivity index (χ3n) is 5.07. The van der Waals surface area contributed by atoms with Crippen LogP contribution in [0.5, 0.6) is 0 Å². The molecule has 0 bridgehead atoms. The molecule has 3 rings (SSSR count). The van der Waals surface area contributed by atoms with E-state index < -0.39 is 0 Å². The van der Waals surface area contributed by atoms with Gasteiger partial charge in [0.1, 0.15) is 0 Å². The third kappa shape index (κ3) is 3.07. The number of nitrogens with one attached hydrogen (secondary N) is 1. The highest BCUT2D eigenvalue weighted by Gasteiger charge is 2.28. The van der Waals surface area contributed by atoms with Gasteiger partial charge in [0, 0.05) is 19.6 Å². The van der Waals surface area contributed by atoms with E-state index in [1.54, 1.807) is 0 Å². The van der Waals surface area contributed by atoms with Gasteiger partial charge in [-0.2, -0.15) is 5.10 Å². The smallest absolute Gasteiger partial charge is 0.0625 e. The Kier molecular flexibility index (Phi) is 4.41. The minimum atomic E-state index is 0.806. The molecule has 112 valence electrons. The molecule has 1 N–H and O–H groups in total. The summed E-state index contributed by atoms with van der Waals surface area (Å²) in [6.07, 6.45) is 6.52. The predicted molar refractivity (Wildman–Crippen MR) is 81.6 cm³/mol. The maximum Gasteiger partial charge on any atom is 0.0625 e. The van der Waals surface area contributed by atoms with Crippen molar-refractivity contribution < 1.29 is 0 Å². The summed E-state index contributed by atoms with van der Waals surface area (Å²) in [6.45, 7) is 6.96. The van der Waals surface area contributed by atoms with Crippen LogP contribution in [0.1, 0.15) is 44.0 Å². The Morgan fingerprint density at radius 3 is 2.70 bits per heavy atom. The van der Waals surface area contributed by atoms with Crippen LogP contribution in [0.15, 0.2) is 6.07 Å². The summed E-state index contributed by atoms with van der Waals surface area (Å²) in [5.74, 6) is 0.909. The molecule has 3 heterocycles. The van der Waals surface area contributed by atoms with Gasteiger partial charge in [-0.3, -0.25) is 9.58 Å². The van der Waals surface area contributed by atoms with Crippen molar-refractivity contribution in [2.75, 3.05) is 19.6 Å². The molecule has 0 radical (unpaired) electrons. The Hall–Kier alpha value is -0.870. The van der Waals surface area contributed by atoms with Gasteiger partial charge in [0.15, 0.2) is 0 Å². The average Bonchev–Trinajstić information content (AvgIpc) is 3.10. The molecule has 1 unspecified atom stereocenters. The number of piperidine rings is 1. The predicted octanol–water partition coefficient (Wildman–Crippen LogP) is 1.95. The fraction of sp³-hybridized carbons (Fsp3) is 0.812. The molecule has 0 saturated carbocycles. The first kappa shape index (κ1) is 14.1. The fourth-order valence-corrected chi connectivity index (χ4v) is 3.75. The van der Waals surface area contributed by atoms with Crippen LogP contribution in [0.25, 0.3) is 0 Å². The summed E-state index contributed by atoms with van der Waals surface area (Å²) in [7, 11) is 2.07. The van der Waals surface area contributed by atoms with E-state index in [0.717, 1.165) is 24.9 Å². The summed E-state index contributed by atoms with van der Waals surface area (Å²) in [4.78, 5) is 2.60. The van der Waals surface area contributed by atoms with Crippen LogP contribution < -0.4 is 5.32 Å². The van der Waals surface area contributed by atoms with E-state index in [0.29, 0.717) is 0 Å². The molecule has 0 aromatic carbocycles. The second-order valence-corrected chi connectivity index (χ2v) is 6.42. The standard InChI is InChI=1S/C16H28N4/c1-3-14-11-15(19(2)18-14)12-20-9-6-13(7-10-20)16-5-4-8-17-16/h11,13,16-17H,3-10,12H2,1-2H3. The molecule has 4 nitrogen and oxygen atoms in total. The molecule has 2 aliphatic rings. The van der Waals surface area contributed by atoms with Crippen molar-refractivity contribution in [1.29, 1.82) is 0 Å². The van der Waals surface area contributed by atoms with Gasteiger partial charge in [0.2, 0.25) is 0 Å². The van der Waals surface area contributed by atoms with Gasteiger partial charge >= 0.3 is 0 Å². The van der Waals surface area contributed by atoms with Crippen molar-refractivity contribution in [3.63, 3.8) is 0 Å². The van der Waals surface area contributed by atoms with Gasteiger partial charge in [-0.1, -0.05) is 6.92 Å². The molecule has 2 saturated heterocycles. The minimum Gasteiger partial charge on any atom is -0.314 e. The molecule has 0 spiro atoms. The average molecular weight is 276 g/mol. The zero-order valence-electron chi connectivity index (χ0n) is 12.9. The molecule has 2 aliphatic heterocycles. The van der Waals surface area contributed by atoms with Crippen molar-refractivity contribution in [3.8, 4) is 0 Å². The number of aryl methyl sites for hydroxylation is 2. The highest BCUT2D eigenvalue weighted by Crippen LogP contribution is 2.26. The van der Waals surface area contributed by atoms with Crippen LogP contribution in [0.2, 0.25) is 0 Å². The van der Waals surface area contributed by atoms with Gasteiger partial charge in [-0.25, -0.2) is 0 Å². The van der Waals surface area contributed by atoms with Crippen LogP contribution in [-0.4, -0.2) is 40.4 Å². The van der Waals surface area contributed by atoms with Crippen LogP contribution >= 0.6 is 0 Å². The SMILES string of the molecule is CCc1cc(CN2CCC(C3CCCN3)CC2)n(C)n1. The van der Waals surface area contributed by atoms with E-state index >= 15 is 0 Å². The highest BCUT2D eigenvalue weighted by atomic mass is 15.3. The number of hydrogen-bond donors (Lipinski definition) is 1. The van der Waals surface area contributed by atoms with E-state index in [1.807, 2.05) is 0 Å². The lowest BCUT2D eigenvalue weighted by atomic mass is 9.88. The van der Waals surface area contributed by atoms with Crippen molar-refractivity contribution in [3.05, 3.63) is 17.5 Å². The largest absolute Gasteiger partial charge is 0.314 e. The molecule has 0 amide bonds. The van der Waals surface area contributed by atoms with Crippen LogP contribution in [0.3, 0.4) is 0 Å². The number of likely N-dealkylation sites (tertiary alicyclic amines) is 1. The van der Waals surface area contributed by atoms with Gasteiger partial charge in [0.25, 0.3) is 0 Å². The first-order chi connectivity index (χ1) is 9.76. The normalized spacial score (nSPS) is 25.4. The molecular weight excluding hydrogens is 248 g/mol. The second kappa shape index (κ2) is 6.27. The lowest BCUT2D eigenvalue weighted by Gasteiger charge is -2.34. The number of nitrogens with zero attached hydrogens (tertiary/aromatic N) is 3. The van der Waals surface area contributed by atoms with E-state index in [1.165, 1.54) is 56.7 Å². The summed E-state index contributed by atoms with van der Waals surface area (Å²) >= 11 is 0. The number of rotatable bonds is 4. The topological polar surface area (TPSA) is 33.1 Å². The number of hydrogen-bond acceptors (Lipinski definition) is 3. The maximum absolute atomic E-state index is 4.55. The third-order valence-corrected chi connectivity index (χ3v) is 5.07. The number of aromatic nitrogens is 2. The van der Waals surface area contributed by atoms with Crippen LogP contribution in [-0.2, 0) is 20.0 Å². The van der Waals surface area contributed by atoms with E-state index in [4.69, 9.17) is 0 Å². The first-order valence-corrected chi connectivity index (χ1v) is 8.23. The second-order valence-electron chi connectivity index (χ2n) is 6.42. The fourth-order valence-electron chi connectivity index (χ4n) is 3.75. The maximum atomic E-state index is 4.55. The van der Waals surface area contributed by atoms with E-state index in [9.17, 15) is 0 Å². The monoisotopic (exact) mass is 276 g/mol. The Morgan fingerprint density at radius 1 is 1.30 bits per heavy atom. The van der Waals surface area contributed by atoms with Gasteiger partial charge in [-0.05, 0) is 63.7 Å². The zero-order chi connectivity index (χ0) is 13.9. The Morgan fingerprint density at radius 2 is 2.10 bits per heavy atom. The molecule has 1 atom stereocenters. The van der Waals surface area contributed by atoms with Crippen LogP contribution in [0.4, 0.5) is 0 Å². The first-order valence-electron chi connectivity index (χ1n) is 8.23. The van der Waals surface area contributed by atoms with Crippen molar-refractivity contribution in [2.24, 2.45) is 13.0 Å². The Balaban J connectivity index is 1.51. The molecule has 4 heteroatoms. The molecule has 1 aromatic rings. The van der Waals surface area contributed by atoms with Crippen molar-refractivity contribution >= 4 is 0 Å². The Bertz CT molecular complexity index is 426. The summed E-state index contributed by atoms with van der Waals surface area (Å²) in [5.41, 5.74) is 2.58. The zero-order valence-corrected chi connectivity index (χ0v) is 12.9. The van der Waals surface area contributed by atoms with Crippen LogP contribution in [0, 0.1) is 5.92 Å². The van der Waals surface area contributed by atoms with Gasteiger partial charge < -0.3 is 5.32 Å². The summed E-state index contributed by atoms with van der Waals surface area (Å²) in [6, 6.07) is 3.07. The van der Waals surface area contributed by atoms with Gasteiger partial charge in [0.05, 0.1) is 11.4 Å². The molecule has 0 aliphatic carbocycles. The van der Waals surface area contributed by atoms with Crippen molar-refractivity contribution in [1.82, 2.24) is 20.0 Å². The highest BCUT2D eigenvalue weighted by molar-refractivity contribution is 5.10.